The number of nitrogens with two attached hydrogens (primary N) is 1. The molecule has 0 aromatic carbocycles. The first-order valence-corrected chi connectivity index (χ1v) is 7.21. The number of aromatic nitrogens is 1. The molecule has 1 rings (SSSR count). The minimum atomic E-state index is 0.175. The quantitative estimate of drug-likeness (QED) is 0.885. The van der Waals surface area contributed by atoms with Crippen LogP contribution in [-0.4, -0.2) is 16.8 Å². The third-order valence-corrected chi connectivity index (χ3v) is 4.40. The molecule has 0 spiro atoms. The van der Waals surface area contributed by atoms with E-state index >= 15 is 0 Å². The normalized spacial score (nSPS) is 14.2. The van der Waals surface area contributed by atoms with Crippen LogP contribution in [0.25, 0.3) is 0 Å². The van der Waals surface area contributed by atoms with Crippen LogP contribution in [0.15, 0.2) is 5.38 Å². The van der Waals surface area contributed by atoms with E-state index in [0.29, 0.717) is 0 Å². The molecule has 0 aliphatic rings. The molecule has 0 saturated carbocycles. The second kappa shape index (κ2) is 5.32. The van der Waals surface area contributed by atoms with Crippen LogP contribution in [0.2, 0.25) is 0 Å². The number of hydrogen-bond acceptors (Lipinski definition) is 4. The molecule has 0 bridgehead atoms. The first-order chi connectivity index (χ1) is 6.89. The second-order valence-electron chi connectivity index (χ2n) is 4.89. The van der Waals surface area contributed by atoms with Crippen molar-refractivity contribution < 1.29 is 0 Å². The van der Waals surface area contributed by atoms with Crippen LogP contribution in [0.5, 0.6) is 0 Å². The Kier molecular flexibility index (Phi) is 4.62. The molecule has 1 unspecified atom stereocenters. The molecule has 1 heterocycles. The van der Waals surface area contributed by atoms with E-state index in [4.69, 9.17) is 5.73 Å². The molecule has 0 aliphatic carbocycles. The molecule has 15 heavy (non-hydrogen) atoms. The predicted octanol–water partition coefficient (Wildman–Crippen LogP) is 3.02. The molecule has 2 N–H and O–H groups in total. The van der Waals surface area contributed by atoms with Gasteiger partial charge in [0.1, 0.15) is 0 Å². The molecular formula is C11H20N2S2. The molecule has 4 heteroatoms. The lowest BCUT2D eigenvalue weighted by atomic mass is 9.98. The Hall–Kier alpha value is -0.0600. The highest BCUT2D eigenvalue weighted by Crippen LogP contribution is 2.26. The van der Waals surface area contributed by atoms with Gasteiger partial charge in [0.25, 0.3) is 0 Å². The Bertz CT molecular complexity index is 300. The van der Waals surface area contributed by atoms with E-state index in [-0.39, 0.29) is 11.5 Å². The second-order valence-corrected chi connectivity index (χ2v) is 6.77. The summed E-state index contributed by atoms with van der Waals surface area (Å²) in [5, 5.41) is 3.38. The summed E-state index contributed by atoms with van der Waals surface area (Å²) >= 11 is 3.62. The van der Waals surface area contributed by atoms with Crippen molar-refractivity contribution >= 4 is 23.1 Å². The van der Waals surface area contributed by atoms with Gasteiger partial charge in [-0.2, -0.15) is 11.8 Å². The lowest BCUT2D eigenvalue weighted by Crippen LogP contribution is -2.17. The molecular weight excluding hydrogens is 224 g/mol. The van der Waals surface area contributed by atoms with Gasteiger partial charge < -0.3 is 5.73 Å². The largest absolute Gasteiger partial charge is 0.327 e. The number of thiazole rings is 1. The van der Waals surface area contributed by atoms with Crippen molar-refractivity contribution in [3.05, 3.63) is 16.1 Å². The first-order valence-electron chi connectivity index (χ1n) is 5.18. The summed E-state index contributed by atoms with van der Waals surface area (Å²) in [5.74, 6) is 1.98. The van der Waals surface area contributed by atoms with E-state index in [1.54, 1.807) is 11.3 Å². The smallest absolute Gasteiger partial charge is 0.0982 e. The zero-order valence-corrected chi connectivity index (χ0v) is 11.5. The molecule has 86 valence electrons. The summed E-state index contributed by atoms with van der Waals surface area (Å²) in [4.78, 5) is 4.64. The van der Waals surface area contributed by atoms with Crippen LogP contribution in [0, 0.1) is 0 Å². The lowest BCUT2D eigenvalue weighted by molar-refractivity contribution is 0.584. The Morgan fingerprint density at radius 1 is 1.53 bits per heavy atom. The molecule has 0 fully saturated rings. The van der Waals surface area contributed by atoms with Gasteiger partial charge in [0.2, 0.25) is 0 Å². The van der Waals surface area contributed by atoms with Crippen molar-refractivity contribution in [3.8, 4) is 0 Å². The fourth-order valence-corrected chi connectivity index (χ4v) is 2.93. The van der Waals surface area contributed by atoms with Crippen LogP contribution in [0.1, 0.15) is 38.4 Å². The fourth-order valence-electron chi connectivity index (χ4n) is 1.07. The molecule has 1 aromatic rings. The van der Waals surface area contributed by atoms with Crippen molar-refractivity contribution in [3.63, 3.8) is 0 Å². The van der Waals surface area contributed by atoms with E-state index in [1.165, 1.54) is 10.7 Å². The van der Waals surface area contributed by atoms with E-state index in [2.05, 4.69) is 31.1 Å². The predicted molar refractivity (Wildman–Crippen MR) is 70.6 cm³/mol. The molecule has 0 amide bonds. The maximum Gasteiger partial charge on any atom is 0.0982 e. The molecule has 0 radical (unpaired) electrons. The van der Waals surface area contributed by atoms with Gasteiger partial charge in [-0.05, 0) is 6.92 Å². The van der Waals surface area contributed by atoms with Crippen molar-refractivity contribution in [2.75, 3.05) is 5.75 Å². The SMILES string of the molecule is CC(N)CSCc1csc(C(C)(C)C)n1. The van der Waals surface area contributed by atoms with Gasteiger partial charge >= 0.3 is 0 Å². The van der Waals surface area contributed by atoms with Gasteiger partial charge in [0.05, 0.1) is 10.7 Å². The summed E-state index contributed by atoms with van der Waals surface area (Å²) in [5.41, 5.74) is 7.06. The molecule has 2 nitrogen and oxygen atoms in total. The van der Waals surface area contributed by atoms with Crippen LogP contribution in [0.3, 0.4) is 0 Å². The maximum atomic E-state index is 5.69. The lowest BCUT2D eigenvalue weighted by Gasteiger charge is -2.13. The van der Waals surface area contributed by atoms with Gasteiger partial charge in [0.15, 0.2) is 0 Å². The highest BCUT2D eigenvalue weighted by atomic mass is 32.2. The van der Waals surface area contributed by atoms with Crippen molar-refractivity contribution in [2.24, 2.45) is 5.73 Å². The third kappa shape index (κ3) is 4.53. The van der Waals surface area contributed by atoms with Crippen LogP contribution < -0.4 is 5.73 Å². The van der Waals surface area contributed by atoms with Gasteiger partial charge in [-0.1, -0.05) is 20.8 Å². The summed E-state index contributed by atoms with van der Waals surface area (Å²) in [6.07, 6.45) is 0. The summed E-state index contributed by atoms with van der Waals surface area (Å²) < 4.78 is 0. The molecule has 0 saturated heterocycles. The van der Waals surface area contributed by atoms with E-state index in [9.17, 15) is 0 Å². The van der Waals surface area contributed by atoms with Gasteiger partial charge in [-0.15, -0.1) is 11.3 Å². The Morgan fingerprint density at radius 2 is 2.20 bits per heavy atom. The van der Waals surface area contributed by atoms with E-state index < -0.39 is 0 Å². The fraction of sp³-hybridized carbons (Fsp3) is 0.727. The third-order valence-electron chi connectivity index (χ3n) is 1.82. The Morgan fingerprint density at radius 3 is 2.67 bits per heavy atom. The molecule has 1 atom stereocenters. The topological polar surface area (TPSA) is 38.9 Å². The zero-order valence-electron chi connectivity index (χ0n) is 9.91. The van der Waals surface area contributed by atoms with Gasteiger partial charge in [-0.3, -0.25) is 0 Å². The van der Waals surface area contributed by atoms with Crippen LogP contribution in [-0.2, 0) is 11.2 Å². The molecule has 1 aromatic heterocycles. The minimum Gasteiger partial charge on any atom is -0.327 e. The highest BCUT2D eigenvalue weighted by molar-refractivity contribution is 7.98. The zero-order chi connectivity index (χ0) is 11.5. The van der Waals surface area contributed by atoms with Crippen LogP contribution in [0.4, 0.5) is 0 Å². The van der Waals surface area contributed by atoms with Gasteiger partial charge in [0, 0.05) is 28.3 Å². The Balaban J connectivity index is 2.47. The van der Waals surface area contributed by atoms with Crippen molar-refractivity contribution in [2.45, 2.75) is 44.9 Å². The number of thioether (sulfide) groups is 1. The van der Waals surface area contributed by atoms with Crippen molar-refractivity contribution in [1.29, 1.82) is 0 Å². The molecule has 0 aliphatic heterocycles. The van der Waals surface area contributed by atoms with Crippen LogP contribution >= 0.6 is 23.1 Å². The van der Waals surface area contributed by atoms with E-state index in [1.807, 2.05) is 18.7 Å². The number of nitrogens with zero attached hydrogens (tertiary/aromatic N) is 1. The number of hydrogen-bond donors (Lipinski definition) is 1. The average molecular weight is 244 g/mol. The standard InChI is InChI=1S/C11H20N2S2/c1-8(12)5-14-6-9-7-15-10(13-9)11(2,3)4/h7-8H,5-6,12H2,1-4H3. The average Bonchev–Trinajstić information content (AvgIpc) is 2.51. The first kappa shape index (κ1) is 13.0. The summed E-state index contributed by atoms with van der Waals surface area (Å²) in [7, 11) is 0. The van der Waals surface area contributed by atoms with Crippen molar-refractivity contribution in [1.82, 2.24) is 4.98 Å². The summed E-state index contributed by atoms with van der Waals surface area (Å²) in [6.45, 7) is 8.63. The summed E-state index contributed by atoms with van der Waals surface area (Å²) in [6, 6.07) is 0.274. The number of rotatable bonds is 4. The van der Waals surface area contributed by atoms with E-state index in [0.717, 1.165) is 11.5 Å². The maximum absolute atomic E-state index is 5.69. The van der Waals surface area contributed by atoms with Gasteiger partial charge in [-0.25, -0.2) is 4.98 Å². The Labute approximate surface area is 101 Å². The monoisotopic (exact) mass is 244 g/mol. The highest BCUT2D eigenvalue weighted by Gasteiger charge is 2.17. The minimum absolute atomic E-state index is 0.175.